The summed E-state index contributed by atoms with van der Waals surface area (Å²) in [5, 5.41) is 4.22. The van der Waals surface area contributed by atoms with Crippen LogP contribution in [0.2, 0.25) is 0 Å². The van der Waals surface area contributed by atoms with Gasteiger partial charge in [0.1, 0.15) is 11.5 Å². The maximum Gasteiger partial charge on any atom is 0.167 e. The topological polar surface area (TPSA) is 73.1 Å². The Morgan fingerprint density at radius 1 is 1.20 bits per heavy atom. The highest BCUT2D eigenvalue weighted by Gasteiger charge is 2.54. The average molecular weight is 402 g/mol. The van der Waals surface area contributed by atoms with Crippen LogP contribution in [-0.4, -0.2) is 45.8 Å². The van der Waals surface area contributed by atoms with Crippen molar-refractivity contribution in [1.82, 2.24) is 19.6 Å². The van der Waals surface area contributed by atoms with E-state index >= 15 is 0 Å². The van der Waals surface area contributed by atoms with E-state index in [4.69, 9.17) is 10.3 Å². The molecule has 2 N–H and O–H groups in total. The summed E-state index contributed by atoms with van der Waals surface area (Å²) >= 11 is 0. The van der Waals surface area contributed by atoms with Crippen molar-refractivity contribution in [3.63, 3.8) is 0 Å². The van der Waals surface area contributed by atoms with Gasteiger partial charge in [0.05, 0.1) is 6.54 Å². The van der Waals surface area contributed by atoms with Gasteiger partial charge >= 0.3 is 0 Å². The Hall–Kier alpha value is -2.88. The zero-order valence-corrected chi connectivity index (χ0v) is 17.3. The molecular formula is C24H27N5O. The molecule has 5 rings (SSSR count). The minimum Gasteiger partial charge on any atom is -0.356 e. The van der Waals surface area contributed by atoms with Crippen LogP contribution >= 0.6 is 0 Å². The summed E-state index contributed by atoms with van der Waals surface area (Å²) in [5.41, 5.74) is 8.61. The maximum atomic E-state index is 5.65. The van der Waals surface area contributed by atoms with Crippen molar-refractivity contribution in [2.75, 3.05) is 26.2 Å². The van der Waals surface area contributed by atoms with E-state index in [1.165, 1.54) is 0 Å². The molecule has 3 heterocycles. The Balaban J connectivity index is 1.20. The summed E-state index contributed by atoms with van der Waals surface area (Å²) in [6.07, 6.45) is 4.70. The third kappa shape index (κ3) is 3.79. The molecule has 0 spiro atoms. The molecule has 154 valence electrons. The number of likely N-dealkylation sites (tertiary alicyclic amines) is 1. The minimum absolute atomic E-state index is 0.562. The van der Waals surface area contributed by atoms with E-state index in [1.807, 2.05) is 18.5 Å². The van der Waals surface area contributed by atoms with Gasteiger partial charge in [-0.2, -0.15) is 0 Å². The fourth-order valence-electron chi connectivity index (χ4n) is 4.57. The van der Waals surface area contributed by atoms with Gasteiger partial charge < -0.3 is 19.7 Å². The van der Waals surface area contributed by atoms with Crippen molar-refractivity contribution in [1.29, 1.82) is 0 Å². The van der Waals surface area contributed by atoms with E-state index in [1.54, 1.807) is 0 Å². The predicted octanol–water partition coefficient (Wildman–Crippen LogP) is 2.64. The number of benzene rings is 1. The second-order valence-electron chi connectivity index (χ2n) is 8.26. The zero-order chi connectivity index (χ0) is 20.5. The van der Waals surface area contributed by atoms with Crippen LogP contribution in [0.4, 0.5) is 0 Å². The van der Waals surface area contributed by atoms with E-state index in [0.717, 1.165) is 72.8 Å². The number of piperidine rings is 1. The fourth-order valence-corrected chi connectivity index (χ4v) is 4.57. The largest absolute Gasteiger partial charge is 0.356 e. The van der Waals surface area contributed by atoms with Crippen LogP contribution in [0.1, 0.15) is 24.0 Å². The molecule has 1 aliphatic heterocycles. The molecule has 0 radical (unpaired) electrons. The van der Waals surface area contributed by atoms with Gasteiger partial charge in [0, 0.05) is 68.1 Å². The Morgan fingerprint density at radius 2 is 2.00 bits per heavy atom. The summed E-state index contributed by atoms with van der Waals surface area (Å²) in [6, 6.07) is 10.2. The molecule has 1 saturated carbocycles. The number of aryl methyl sites for hydroxylation is 1. The van der Waals surface area contributed by atoms with Gasteiger partial charge in [-0.1, -0.05) is 23.9 Å². The van der Waals surface area contributed by atoms with Gasteiger partial charge in [0.25, 0.3) is 0 Å². The SMILES string of the molecule is CCc1nccn1Cc1cc(-c2ccc(C#C[C@@H]3[C@H]4CN(CCN)C[C@@H]34)cc2)on1. The molecule has 6 nitrogen and oxygen atoms in total. The van der Waals surface area contributed by atoms with Crippen LogP contribution in [0.5, 0.6) is 0 Å². The van der Waals surface area contributed by atoms with Crippen molar-refractivity contribution in [3.05, 3.63) is 59.8 Å². The molecule has 0 bridgehead atoms. The van der Waals surface area contributed by atoms with Crippen molar-refractivity contribution >= 4 is 0 Å². The van der Waals surface area contributed by atoms with E-state index in [9.17, 15) is 0 Å². The Morgan fingerprint density at radius 3 is 2.73 bits per heavy atom. The second kappa shape index (κ2) is 8.10. The van der Waals surface area contributed by atoms with E-state index < -0.39 is 0 Å². The molecular weight excluding hydrogens is 374 g/mol. The van der Waals surface area contributed by atoms with Gasteiger partial charge in [-0.3, -0.25) is 0 Å². The predicted molar refractivity (Wildman–Crippen MR) is 115 cm³/mol. The summed E-state index contributed by atoms with van der Waals surface area (Å²) < 4.78 is 7.67. The smallest absolute Gasteiger partial charge is 0.167 e. The highest BCUT2D eigenvalue weighted by molar-refractivity contribution is 5.59. The van der Waals surface area contributed by atoms with Crippen molar-refractivity contribution < 1.29 is 4.52 Å². The molecule has 2 fully saturated rings. The van der Waals surface area contributed by atoms with Crippen molar-refractivity contribution in [2.45, 2.75) is 19.9 Å². The van der Waals surface area contributed by atoms with Crippen LogP contribution in [0.25, 0.3) is 11.3 Å². The van der Waals surface area contributed by atoms with Gasteiger partial charge in [-0.25, -0.2) is 4.98 Å². The number of rotatable bonds is 6. The van der Waals surface area contributed by atoms with Crippen LogP contribution in [0.3, 0.4) is 0 Å². The Kier molecular flexibility index (Phi) is 5.16. The Bertz CT molecular complexity index is 1060. The van der Waals surface area contributed by atoms with Gasteiger partial charge in [-0.15, -0.1) is 0 Å². The number of nitrogens with zero attached hydrogens (tertiary/aromatic N) is 4. The number of imidazole rings is 1. The lowest BCUT2D eigenvalue weighted by molar-refractivity contribution is 0.304. The zero-order valence-electron chi connectivity index (χ0n) is 17.3. The Labute approximate surface area is 177 Å². The fraction of sp³-hybridized carbons (Fsp3) is 0.417. The van der Waals surface area contributed by atoms with Crippen LogP contribution in [-0.2, 0) is 13.0 Å². The quantitative estimate of drug-likeness (QED) is 0.643. The van der Waals surface area contributed by atoms with E-state index in [0.29, 0.717) is 12.5 Å². The first-order valence-corrected chi connectivity index (χ1v) is 10.7. The molecule has 1 aromatic carbocycles. The molecule has 30 heavy (non-hydrogen) atoms. The molecule has 3 aromatic rings. The lowest BCUT2D eigenvalue weighted by Gasteiger charge is -2.16. The first-order valence-electron chi connectivity index (χ1n) is 10.7. The van der Waals surface area contributed by atoms with Gasteiger partial charge in [0.15, 0.2) is 5.76 Å². The first-order chi connectivity index (χ1) is 14.7. The van der Waals surface area contributed by atoms with E-state index in [2.05, 4.69) is 62.6 Å². The monoisotopic (exact) mass is 401 g/mol. The lowest BCUT2D eigenvalue weighted by Crippen LogP contribution is -2.29. The van der Waals surface area contributed by atoms with Crippen molar-refractivity contribution in [3.8, 4) is 23.2 Å². The lowest BCUT2D eigenvalue weighted by atomic mass is 10.1. The summed E-state index contributed by atoms with van der Waals surface area (Å²) in [4.78, 5) is 6.82. The maximum absolute atomic E-state index is 5.65. The third-order valence-electron chi connectivity index (χ3n) is 6.28. The van der Waals surface area contributed by atoms with Crippen LogP contribution < -0.4 is 5.73 Å². The third-order valence-corrected chi connectivity index (χ3v) is 6.28. The molecule has 2 aliphatic rings. The van der Waals surface area contributed by atoms with Gasteiger partial charge in [0.2, 0.25) is 0 Å². The molecule has 3 atom stereocenters. The number of fused-ring (bicyclic) bond motifs is 1. The molecule has 0 unspecified atom stereocenters. The normalized spacial score (nSPS) is 22.5. The second-order valence-corrected chi connectivity index (χ2v) is 8.26. The summed E-state index contributed by atoms with van der Waals surface area (Å²) in [5.74, 6) is 10.7. The van der Waals surface area contributed by atoms with Crippen molar-refractivity contribution in [2.24, 2.45) is 23.5 Å². The first kappa shape index (κ1) is 19.1. The highest BCUT2D eigenvalue weighted by atomic mass is 16.5. The molecule has 1 aliphatic carbocycles. The number of hydrogen-bond donors (Lipinski definition) is 1. The summed E-state index contributed by atoms with van der Waals surface area (Å²) in [6.45, 7) is 6.85. The van der Waals surface area contributed by atoms with Crippen LogP contribution in [0, 0.1) is 29.6 Å². The minimum atomic E-state index is 0.562. The van der Waals surface area contributed by atoms with Gasteiger partial charge in [-0.05, 0) is 36.1 Å². The number of aromatic nitrogens is 3. The number of nitrogens with two attached hydrogens (primary N) is 1. The molecule has 1 saturated heterocycles. The molecule has 6 heteroatoms. The molecule has 0 amide bonds. The van der Waals surface area contributed by atoms with Crippen LogP contribution in [0.15, 0.2) is 47.2 Å². The summed E-state index contributed by atoms with van der Waals surface area (Å²) in [7, 11) is 0. The molecule has 2 aromatic heterocycles. The van der Waals surface area contributed by atoms with E-state index in [-0.39, 0.29) is 0 Å². The highest BCUT2D eigenvalue weighted by Crippen LogP contribution is 2.51. The number of hydrogen-bond acceptors (Lipinski definition) is 5. The average Bonchev–Trinajstić information content (AvgIpc) is 3.23. The standard InChI is InChI=1S/C24H27N5O/c1-2-24-26-10-12-29(24)14-19-13-23(30-27-19)18-6-3-17(4-7-18)5-8-20-21-15-28(11-9-25)16-22(20)21/h3-4,6-7,10,12-13,20-22H,2,9,11,14-16,25H2,1H3/t20-,21-,22+.